The average Bonchev–Trinajstić information content (AvgIpc) is 3.29. The minimum Gasteiger partial charge on any atom is -0.507 e. The second-order valence-electron chi connectivity index (χ2n) is 7.47. The van der Waals surface area contributed by atoms with Crippen molar-refractivity contribution in [2.75, 3.05) is 13.6 Å². The van der Waals surface area contributed by atoms with Gasteiger partial charge in [0.15, 0.2) is 5.82 Å². The first-order chi connectivity index (χ1) is 14.0. The normalized spacial score (nSPS) is 11.6. The van der Waals surface area contributed by atoms with Gasteiger partial charge in [0.25, 0.3) is 0 Å². The molecule has 3 N–H and O–H groups in total. The van der Waals surface area contributed by atoms with E-state index in [1.54, 1.807) is 6.07 Å². The molecule has 4 aromatic rings. The second-order valence-corrected chi connectivity index (χ2v) is 7.47. The number of nitrogens with one attached hydrogen (secondary N) is 2. The maximum atomic E-state index is 12.6. The molecule has 0 aliphatic heterocycles. The summed E-state index contributed by atoms with van der Waals surface area (Å²) in [6, 6.07) is 13.3. The lowest BCUT2D eigenvalue weighted by Crippen LogP contribution is -2.16. The average molecular weight is 391 g/mol. The van der Waals surface area contributed by atoms with Crippen LogP contribution in [0.1, 0.15) is 25.3 Å². The van der Waals surface area contributed by atoms with Gasteiger partial charge in [0.1, 0.15) is 5.75 Å². The van der Waals surface area contributed by atoms with E-state index in [-0.39, 0.29) is 11.4 Å². The second kappa shape index (κ2) is 7.60. The fourth-order valence-electron chi connectivity index (χ4n) is 3.56. The Labute approximate surface area is 168 Å². The highest BCUT2D eigenvalue weighted by atomic mass is 16.3. The third-order valence-corrected chi connectivity index (χ3v) is 5.22. The fraction of sp³-hybridized carbons (Fsp3) is 0.273. The Balaban J connectivity index is 1.83. The molecule has 0 aliphatic rings. The van der Waals surface area contributed by atoms with E-state index >= 15 is 0 Å². The number of hydrogen-bond donors (Lipinski definition) is 3. The molecule has 7 heteroatoms. The van der Waals surface area contributed by atoms with E-state index in [0.29, 0.717) is 23.0 Å². The summed E-state index contributed by atoms with van der Waals surface area (Å²) in [7, 11) is 1.93. The Morgan fingerprint density at radius 1 is 1.17 bits per heavy atom. The van der Waals surface area contributed by atoms with Crippen molar-refractivity contribution in [2.45, 2.75) is 26.3 Å². The third-order valence-electron chi connectivity index (χ3n) is 5.22. The molecule has 0 unspecified atom stereocenters. The van der Waals surface area contributed by atoms with Crippen molar-refractivity contribution in [3.8, 4) is 22.8 Å². The smallest absolute Gasteiger partial charge is 0.348 e. The number of fused-ring (bicyclic) bond motifs is 1. The van der Waals surface area contributed by atoms with E-state index in [1.165, 1.54) is 4.57 Å². The molecule has 0 fully saturated rings. The zero-order valence-electron chi connectivity index (χ0n) is 16.8. The number of aromatic amines is 1. The van der Waals surface area contributed by atoms with Gasteiger partial charge in [0, 0.05) is 30.2 Å². The summed E-state index contributed by atoms with van der Waals surface area (Å²) < 4.78 is 3.68. The molecule has 0 radical (unpaired) electrons. The lowest BCUT2D eigenvalue weighted by atomic mass is 10.00. The zero-order valence-corrected chi connectivity index (χ0v) is 16.8. The van der Waals surface area contributed by atoms with Gasteiger partial charge in [-0.25, -0.2) is 14.5 Å². The van der Waals surface area contributed by atoms with Crippen molar-refractivity contribution in [3.05, 3.63) is 64.7 Å². The van der Waals surface area contributed by atoms with E-state index < -0.39 is 0 Å². The Kier molecular flexibility index (Phi) is 4.98. The number of benzene rings is 2. The van der Waals surface area contributed by atoms with Crippen LogP contribution in [0.5, 0.6) is 5.75 Å². The predicted octanol–water partition coefficient (Wildman–Crippen LogP) is 3.23. The van der Waals surface area contributed by atoms with Gasteiger partial charge in [-0.2, -0.15) is 5.10 Å². The van der Waals surface area contributed by atoms with Crippen molar-refractivity contribution in [1.29, 1.82) is 0 Å². The molecule has 0 amide bonds. The zero-order chi connectivity index (χ0) is 20.5. The van der Waals surface area contributed by atoms with Crippen LogP contribution < -0.4 is 11.0 Å². The van der Waals surface area contributed by atoms with Crippen LogP contribution in [-0.2, 0) is 6.54 Å². The number of aromatic hydroxyl groups is 1. The van der Waals surface area contributed by atoms with Gasteiger partial charge >= 0.3 is 5.69 Å². The van der Waals surface area contributed by atoms with Gasteiger partial charge in [-0.1, -0.05) is 19.9 Å². The molecule has 29 heavy (non-hydrogen) atoms. The summed E-state index contributed by atoms with van der Waals surface area (Å²) in [5, 5.41) is 21.3. The van der Waals surface area contributed by atoms with Crippen LogP contribution in [0.3, 0.4) is 0 Å². The molecule has 2 aromatic carbocycles. The first-order valence-corrected chi connectivity index (χ1v) is 9.74. The van der Waals surface area contributed by atoms with E-state index in [4.69, 9.17) is 0 Å². The summed E-state index contributed by atoms with van der Waals surface area (Å²) in [4.78, 5) is 12.6. The minimum atomic E-state index is -0.344. The molecular formula is C22H25N5O2. The number of aromatic nitrogens is 4. The van der Waals surface area contributed by atoms with Crippen molar-refractivity contribution in [2.24, 2.45) is 0 Å². The summed E-state index contributed by atoms with van der Waals surface area (Å²) >= 11 is 0. The first-order valence-electron chi connectivity index (χ1n) is 9.74. The van der Waals surface area contributed by atoms with Crippen LogP contribution in [0.4, 0.5) is 0 Å². The number of likely N-dealkylation sites (N-methyl/N-ethyl adjacent to an activating group) is 1. The molecule has 0 aliphatic carbocycles. The molecule has 150 valence electrons. The van der Waals surface area contributed by atoms with E-state index in [9.17, 15) is 9.90 Å². The summed E-state index contributed by atoms with van der Waals surface area (Å²) in [5.41, 5.74) is 3.06. The van der Waals surface area contributed by atoms with E-state index in [0.717, 1.165) is 29.6 Å². The molecule has 0 atom stereocenters. The molecule has 0 saturated carbocycles. The number of nitrogens with zero attached hydrogens (tertiary/aromatic N) is 3. The monoisotopic (exact) mass is 391 g/mol. The topological polar surface area (TPSA) is 87.9 Å². The van der Waals surface area contributed by atoms with Crippen LogP contribution in [0.2, 0.25) is 0 Å². The van der Waals surface area contributed by atoms with Gasteiger partial charge < -0.3 is 15.0 Å². The Morgan fingerprint density at radius 2 is 2.00 bits per heavy atom. The van der Waals surface area contributed by atoms with Crippen molar-refractivity contribution in [1.82, 2.24) is 24.6 Å². The molecule has 2 aromatic heterocycles. The maximum Gasteiger partial charge on any atom is 0.348 e. The van der Waals surface area contributed by atoms with Crippen molar-refractivity contribution in [3.63, 3.8) is 0 Å². The molecule has 4 rings (SSSR count). The number of phenolic OH excluding ortho intramolecular Hbond substituents is 1. The SMILES string of the molecule is CNCCn1ccc2cc(-n3c(-c4cc(C(C)C)ccc4O)n[nH]c3=O)ccc21. The minimum absolute atomic E-state index is 0.0916. The highest BCUT2D eigenvalue weighted by Crippen LogP contribution is 2.32. The largest absolute Gasteiger partial charge is 0.507 e. The first kappa shape index (κ1) is 19.0. The van der Waals surface area contributed by atoms with Gasteiger partial charge in [-0.05, 0) is 54.9 Å². The Morgan fingerprint density at radius 3 is 2.76 bits per heavy atom. The maximum absolute atomic E-state index is 12.6. The van der Waals surface area contributed by atoms with E-state index in [1.807, 2.05) is 49.6 Å². The lowest BCUT2D eigenvalue weighted by Gasteiger charge is -2.11. The Bertz CT molecular complexity index is 1220. The van der Waals surface area contributed by atoms with Gasteiger partial charge in [-0.15, -0.1) is 0 Å². The molecule has 0 spiro atoms. The van der Waals surface area contributed by atoms with Gasteiger partial charge in [0.05, 0.1) is 11.3 Å². The number of rotatable bonds is 6. The number of hydrogen-bond acceptors (Lipinski definition) is 4. The number of phenols is 1. The molecule has 2 heterocycles. The third kappa shape index (κ3) is 3.45. The fourth-order valence-corrected chi connectivity index (χ4v) is 3.56. The van der Waals surface area contributed by atoms with Crippen LogP contribution >= 0.6 is 0 Å². The molecule has 0 bridgehead atoms. The summed E-state index contributed by atoms with van der Waals surface area (Å²) in [6.07, 6.45) is 2.04. The number of H-pyrrole nitrogens is 1. The van der Waals surface area contributed by atoms with Crippen LogP contribution in [0.25, 0.3) is 28.0 Å². The summed E-state index contributed by atoms with van der Waals surface area (Å²) in [6.45, 7) is 5.91. The van der Waals surface area contributed by atoms with Crippen molar-refractivity contribution >= 4 is 10.9 Å². The standard InChI is InChI=1S/C22H25N5O2/c1-14(2)15-4-7-20(28)18(13-15)21-24-25-22(29)27(21)17-5-6-19-16(12-17)8-10-26(19)11-9-23-3/h4-8,10,12-14,23,28H,9,11H2,1-3H3,(H,25,29). The lowest BCUT2D eigenvalue weighted by molar-refractivity contribution is 0.476. The Hall–Kier alpha value is -3.32. The molecule has 0 saturated heterocycles. The highest BCUT2D eigenvalue weighted by Gasteiger charge is 2.17. The van der Waals surface area contributed by atoms with Gasteiger partial charge in [-0.3, -0.25) is 0 Å². The molecule has 7 nitrogen and oxygen atoms in total. The predicted molar refractivity (Wildman–Crippen MR) is 115 cm³/mol. The summed E-state index contributed by atoms with van der Waals surface area (Å²) in [5.74, 6) is 0.778. The van der Waals surface area contributed by atoms with Crippen molar-refractivity contribution < 1.29 is 5.11 Å². The molecular weight excluding hydrogens is 366 g/mol. The van der Waals surface area contributed by atoms with Gasteiger partial charge in [0.2, 0.25) is 0 Å². The van der Waals surface area contributed by atoms with Crippen LogP contribution in [0, 0.1) is 0 Å². The van der Waals surface area contributed by atoms with Crippen LogP contribution in [-0.4, -0.2) is 38.0 Å². The van der Waals surface area contributed by atoms with E-state index in [2.05, 4.69) is 33.9 Å². The van der Waals surface area contributed by atoms with Crippen LogP contribution in [0.15, 0.2) is 53.5 Å². The quantitative estimate of drug-likeness (QED) is 0.471. The highest BCUT2D eigenvalue weighted by molar-refractivity contribution is 5.82.